The van der Waals surface area contributed by atoms with Crippen LogP contribution in [0.3, 0.4) is 0 Å². The van der Waals surface area contributed by atoms with Gasteiger partial charge in [0.25, 0.3) is 5.91 Å². The zero-order chi connectivity index (χ0) is 21.5. The third kappa shape index (κ3) is 5.51. The van der Waals surface area contributed by atoms with Crippen LogP contribution < -0.4 is 20.3 Å². The van der Waals surface area contributed by atoms with Crippen LogP contribution in [-0.4, -0.2) is 37.4 Å². The normalized spacial score (nSPS) is 15.7. The summed E-state index contributed by atoms with van der Waals surface area (Å²) >= 11 is 6.02. The third-order valence-corrected chi connectivity index (χ3v) is 5.04. The van der Waals surface area contributed by atoms with Crippen LogP contribution in [0.25, 0.3) is 0 Å². The molecule has 0 aliphatic carbocycles. The minimum Gasteiger partial charge on any atom is -0.484 e. The Labute approximate surface area is 180 Å². The van der Waals surface area contributed by atoms with Crippen LogP contribution in [0.1, 0.15) is 19.8 Å². The van der Waals surface area contributed by atoms with E-state index in [2.05, 4.69) is 10.6 Å². The Hall–Kier alpha value is -3.06. The Balaban J connectivity index is 1.52. The number of carbonyl (C=O) groups excluding carboxylic acids is 3. The van der Waals surface area contributed by atoms with Gasteiger partial charge in [0.1, 0.15) is 5.75 Å². The molecule has 0 saturated carbocycles. The van der Waals surface area contributed by atoms with Gasteiger partial charge in [-0.1, -0.05) is 30.7 Å². The van der Waals surface area contributed by atoms with Crippen molar-refractivity contribution in [2.45, 2.75) is 19.8 Å². The minimum atomic E-state index is -0.339. The van der Waals surface area contributed by atoms with Crippen LogP contribution in [0, 0.1) is 5.92 Å². The number of amides is 3. The maximum atomic E-state index is 12.3. The standard InChI is InChI=1S/C22H24ClN3O4/c1-2-11-24-22(29)15-12-21(28)26(13-15)16-7-9-17(10-8-16)30-14-20(27)25-19-6-4-3-5-18(19)23/h3-10,15H,2,11-14H2,1H3,(H,24,29)(H,25,27)/t15-/m0/s1. The highest BCUT2D eigenvalue weighted by Crippen LogP contribution is 2.27. The molecule has 0 unspecified atom stereocenters. The maximum Gasteiger partial charge on any atom is 0.262 e. The van der Waals surface area contributed by atoms with Gasteiger partial charge in [0.05, 0.1) is 16.6 Å². The highest BCUT2D eigenvalue weighted by Gasteiger charge is 2.34. The van der Waals surface area contributed by atoms with Crippen molar-refractivity contribution in [3.05, 3.63) is 53.6 Å². The molecule has 1 heterocycles. The van der Waals surface area contributed by atoms with E-state index in [-0.39, 0.29) is 36.7 Å². The third-order valence-electron chi connectivity index (χ3n) is 4.71. The molecule has 0 aromatic heterocycles. The summed E-state index contributed by atoms with van der Waals surface area (Å²) in [7, 11) is 0. The number of para-hydroxylation sites is 1. The van der Waals surface area contributed by atoms with Gasteiger partial charge in [-0.05, 0) is 42.8 Å². The second-order valence-electron chi connectivity index (χ2n) is 7.01. The fourth-order valence-electron chi connectivity index (χ4n) is 3.15. The largest absolute Gasteiger partial charge is 0.484 e. The number of halogens is 1. The molecule has 1 saturated heterocycles. The summed E-state index contributed by atoms with van der Waals surface area (Å²) in [5.41, 5.74) is 1.21. The quantitative estimate of drug-likeness (QED) is 0.674. The zero-order valence-corrected chi connectivity index (χ0v) is 17.4. The molecule has 3 rings (SSSR count). The SMILES string of the molecule is CCCNC(=O)[C@H]1CC(=O)N(c2ccc(OCC(=O)Nc3ccccc3Cl)cc2)C1. The van der Waals surface area contributed by atoms with Crippen molar-refractivity contribution < 1.29 is 19.1 Å². The summed E-state index contributed by atoms with van der Waals surface area (Å²) in [6, 6.07) is 13.8. The molecule has 1 fully saturated rings. The van der Waals surface area contributed by atoms with Gasteiger partial charge >= 0.3 is 0 Å². The first-order valence-corrected chi connectivity index (χ1v) is 10.2. The molecule has 1 atom stereocenters. The van der Waals surface area contributed by atoms with E-state index in [1.165, 1.54) is 0 Å². The van der Waals surface area contributed by atoms with Crippen LogP contribution in [-0.2, 0) is 14.4 Å². The molecule has 1 aliphatic heterocycles. The average Bonchev–Trinajstić information content (AvgIpc) is 3.14. The van der Waals surface area contributed by atoms with E-state index in [9.17, 15) is 14.4 Å². The lowest BCUT2D eigenvalue weighted by molar-refractivity contribution is -0.126. The molecule has 2 N–H and O–H groups in total. The van der Waals surface area contributed by atoms with Gasteiger partial charge in [0.15, 0.2) is 6.61 Å². The first kappa shape index (κ1) is 21.6. The molecule has 158 valence electrons. The fourth-order valence-corrected chi connectivity index (χ4v) is 3.33. The molecule has 30 heavy (non-hydrogen) atoms. The number of anilines is 2. The number of benzene rings is 2. The van der Waals surface area contributed by atoms with Gasteiger partial charge in [-0.25, -0.2) is 0 Å². The number of hydrogen-bond donors (Lipinski definition) is 2. The lowest BCUT2D eigenvalue weighted by Crippen LogP contribution is -2.33. The molecule has 0 spiro atoms. The second kappa shape index (κ2) is 10.1. The Morgan fingerprint density at radius 2 is 1.90 bits per heavy atom. The predicted molar refractivity (Wildman–Crippen MR) is 116 cm³/mol. The second-order valence-corrected chi connectivity index (χ2v) is 7.41. The highest BCUT2D eigenvalue weighted by atomic mass is 35.5. The van der Waals surface area contributed by atoms with Gasteiger partial charge < -0.3 is 20.3 Å². The Kier molecular flexibility index (Phi) is 7.30. The average molecular weight is 430 g/mol. The topological polar surface area (TPSA) is 87.7 Å². The Morgan fingerprint density at radius 3 is 2.60 bits per heavy atom. The van der Waals surface area contributed by atoms with Crippen LogP contribution in [0.5, 0.6) is 5.75 Å². The number of hydrogen-bond acceptors (Lipinski definition) is 4. The van der Waals surface area contributed by atoms with E-state index in [1.54, 1.807) is 53.4 Å². The van der Waals surface area contributed by atoms with Crippen molar-refractivity contribution in [2.24, 2.45) is 5.92 Å². The number of nitrogens with one attached hydrogen (secondary N) is 2. The first-order chi connectivity index (χ1) is 14.5. The molecule has 7 nitrogen and oxygen atoms in total. The van der Waals surface area contributed by atoms with E-state index >= 15 is 0 Å². The summed E-state index contributed by atoms with van der Waals surface area (Å²) in [6.07, 6.45) is 1.06. The number of rotatable bonds is 8. The molecule has 0 bridgehead atoms. The molecule has 8 heteroatoms. The molecule has 0 radical (unpaired) electrons. The predicted octanol–water partition coefficient (Wildman–Crippen LogP) is 3.24. The molecule has 2 aromatic rings. The number of ether oxygens (including phenoxy) is 1. The lowest BCUT2D eigenvalue weighted by Gasteiger charge is -2.17. The van der Waals surface area contributed by atoms with Crippen LogP contribution in [0.4, 0.5) is 11.4 Å². The van der Waals surface area contributed by atoms with Crippen molar-refractivity contribution >= 4 is 40.7 Å². The van der Waals surface area contributed by atoms with Crippen molar-refractivity contribution in [2.75, 3.05) is 29.9 Å². The van der Waals surface area contributed by atoms with Crippen molar-refractivity contribution in [1.82, 2.24) is 5.32 Å². The molecule has 3 amide bonds. The molecular formula is C22H24ClN3O4. The van der Waals surface area contributed by atoms with Crippen LogP contribution >= 0.6 is 11.6 Å². The van der Waals surface area contributed by atoms with Gasteiger partial charge in [-0.3, -0.25) is 14.4 Å². The van der Waals surface area contributed by atoms with Gasteiger partial charge in [0, 0.05) is 25.2 Å². The monoisotopic (exact) mass is 429 g/mol. The summed E-state index contributed by atoms with van der Waals surface area (Å²) in [5.74, 6) is -0.343. The molecule has 1 aliphatic rings. The van der Waals surface area contributed by atoms with E-state index in [1.807, 2.05) is 6.92 Å². The summed E-state index contributed by atoms with van der Waals surface area (Å²) in [6.45, 7) is 2.78. The maximum absolute atomic E-state index is 12.3. The molecular weight excluding hydrogens is 406 g/mol. The van der Waals surface area contributed by atoms with Crippen molar-refractivity contribution in [3.63, 3.8) is 0 Å². The first-order valence-electron chi connectivity index (χ1n) is 9.83. The summed E-state index contributed by atoms with van der Waals surface area (Å²) in [4.78, 5) is 38.1. The van der Waals surface area contributed by atoms with Crippen molar-refractivity contribution in [3.8, 4) is 5.75 Å². The van der Waals surface area contributed by atoms with E-state index in [0.717, 1.165) is 6.42 Å². The van der Waals surface area contributed by atoms with Crippen LogP contribution in [0.2, 0.25) is 5.02 Å². The van der Waals surface area contributed by atoms with Gasteiger partial charge in [-0.15, -0.1) is 0 Å². The summed E-state index contributed by atoms with van der Waals surface area (Å²) in [5, 5.41) is 5.98. The van der Waals surface area contributed by atoms with Crippen LogP contribution in [0.15, 0.2) is 48.5 Å². The lowest BCUT2D eigenvalue weighted by atomic mass is 10.1. The van der Waals surface area contributed by atoms with Gasteiger partial charge in [0.2, 0.25) is 11.8 Å². The van der Waals surface area contributed by atoms with Gasteiger partial charge in [-0.2, -0.15) is 0 Å². The fraction of sp³-hybridized carbons (Fsp3) is 0.318. The smallest absolute Gasteiger partial charge is 0.262 e. The Morgan fingerprint density at radius 1 is 1.17 bits per heavy atom. The Bertz CT molecular complexity index is 917. The number of carbonyl (C=O) groups is 3. The van der Waals surface area contributed by atoms with E-state index in [4.69, 9.17) is 16.3 Å². The van der Waals surface area contributed by atoms with Crippen molar-refractivity contribution in [1.29, 1.82) is 0 Å². The highest BCUT2D eigenvalue weighted by molar-refractivity contribution is 6.33. The number of nitrogens with zero attached hydrogens (tertiary/aromatic N) is 1. The van der Waals surface area contributed by atoms with E-state index in [0.29, 0.717) is 35.2 Å². The van der Waals surface area contributed by atoms with E-state index < -0.39 is 0 Å². The summed E-state index contributed by atoms with van der Waals surface area (Å²) < 4.78 is 5.51. The molecule has 2 aromatic carbocycles. The zero-order valence-electron chi connectivity index (χ0n) is 16.7. The minimum absolute atomic E-state index is 0.0839.